The van der Waals surface area contributed by atoms with Crippen LogP contribution in [-0.2, 0) is 4.79 Å². The second-order valence-electron chi connectivity index (χ2n) is 6.32. The number of amides is 1. The highest BCUT2D eigenvalue weighted by Crippen LogP contribution is 2.20. The smallest absolute Gasteiger partial charge is 0.279 e. The molecule has 1 amide bonds. The molecule has 0 atom stereocenters. The van der Waals surface area contributed by atoms with Gasteiger partial charge >= 0.3 is 0 Å². The van der Waals surface area contributed by atoms with Crippen LogP contribution in [0.5, 0.6) is 5.75 Å². The fourth-order valence-corrected chi connectivity index (χ4v) is 3.56. The van der Waals surface area contributed by atoms with Crippen LogP contribution in [0.15, 0.2) is 58.5 Å². The number of carbonyl (C=O) groups is 1. The molecule has 0 aliphatic carbocycles. The van der Waals surface area contributed by atoms with Crippen molar-refractivity contribution in [2.45, 2.75) is 12.1 Å². The van der Waals surface area contributed by atoms with Gasteiger partial charge < -0.3 is 10.1 Å². The normalized spacial score (nSPS) is 10.9. The number of halogens is 1. The zero-order valence-corrected chi connectivity index (χ0v) is 17.9. The molecule has 0 aliphatic rings. The van der Waals surface area contributed by atoms with E-state index < -0.39 is 5.56 Å². The maximum Gasteiger partial charge on any atom is 0.279 e. The van der Waals surface area contributed by atoms with E-state index in [1.165, 1.54) is 4.52 Å². The number of nitrogens with one attached hydrogen (secondary N) is 2. The minimum absolute atomic E-state index is 0.0884. The molecule has 9 nitrogen and oxygen atoms in total. The minimum Gasteiger partial charge on any atom is -0.494 e. The Balaban J connectivity index is 1.48. The van der Waals surface area contributed by atoms with Crippen molar-refractivity contribution in [3.05, 3.63) is 63.9 Å². The zero-order chi connectivity index (χ0) is 21.8. The number of rotatable bonds is 7. The molecule has 2 aromatic heterocycles. The summed E-state index contributed by atoms with van der Waals surface area (Å²) in [4.78, 5) is 27.3. The van der Waals surface area contributed by atoms with Gasteiger partial charge in [0.15, 0.2) is 5.69 Å². The van der Waals surface area contributed by atoms with Gasteiger partial charge in [-0.1, -0.05) is 35.5 Å². The van der Waals surface area contributed by atoms with Crippen LogP contribution in [-0.4, -0.2) is 43.1 Å². The highest BCUT2D eigenvalue weighted by Gasteiger charge is 2.15. The van der Waals surface area contributed by atoms with Gasteiger partial charge in [0, 0.05) is 16.3 Å². The molecule has 0 unspecified atom stereocenters. The number of fused-ring (bicyclic) bond motifs is 1. The van der Waals surface area contributed by atoms with Crippen molar-refractivity contribution in [2.75, 3.05) is 17.7 Å². The number of ether oxygens (including phenoxy) is 1. The van der Waals surface area contributed by atoms with Crippen LogP contribution >= 0.6 is 23.4 Å². The molecule has 4 rings (SSSR count). The molecule has 0 saturated carbocycles. The lowest BCUT2D eigenvalue weighted by molar-refractivity contribution is -0.113. The number of H-pyrrole nitrogens is 1. The van der Waals surface area contributed by atoms with Crippen LogP contribution < -0.4 is 15.6 Å². The average molecular weight is 457 g/mol. The molecule has 0 spiro atoms. The summed E-state index contributed by atoms with van der Waals surface area (Å²) >= 11 is 7.07. The molecule has 11 heteroatoms. The van der Waals surface area contributed by atoms with Gasteiger partial charge in [0.1, 0.15) is 5.75 Å². The summed E-state index contributed by atoms with van der Waals surface area (Å²) in [7, 11) is 0. The van der Waals surface area contributed by atoms with E-state index in [-0.39, 0.29) is 23.1 Å². The highest BCUT2D eigenvalue weighted by atomic mass is 35.5. The standard InChI is InChI=1S/C20H17ClN6O3S/c1-2-30-15-9-7-14(8-10-15)22-16(28)11-31-20-25-24-19-23-18(29)17(26-27(19)20)12-3-5-13(21)6-4-12/h3-10H,2,11H2,1H3,(H,22,28)(H,23,24,29). The first kappa shape index (κ1) is 20.9. The van der Waals surface area contributed by atoms with E-state index >= 15 is 0 Å². The van der Waals surface area contributed by atoms with Crippen molar-refractivity contribution >= 4 is 40.7 Å². The van der Waals surface area contributed by atoms with Crippen LogP contribution in [0.1, 0.15) is 6.92 Å². The number of hydrogen-bond acceptors (Lipinski definition) is 7. The number of carbonyl (C=O) groups excluding carboxylic acids is 1. The summed E-state index contributed by atoms with van der Waals surface area (Å²) in [6.45, 7) is 2.48. The largest absolute Gasteiger partial charge is 0.494 e. The van der Waals surface area contributed by atoms with Crippen molar-refractivity contribution in [1.29, 1.82) is 0 Å². The molecule has 0 aliphatic heterocycles. The summed E-state index contributed by atoms with van der Waals surface area (Å²) in [5, 5.41) is 16.1. The van der Waals surface area contributed by atoms with Crippen molar-refractivity contribution in [3.63, 3.8) is 0 Å². The summed E-state index contributed by atoms with van der Waals surface area (Å²) in [6, 6.07) is 13.9. The summed E-state index contributed by atoms with van der Waals surface area (Å²) in [5.74, 6) is 0.803. The van der Waals surface area contributed by atoms with E-state index in [1.807, 2.05) is 6.92 Å². The van der Waals surface area contributed by atoms with Crippen LogP contribution in [0.2, 0.25) is 5.02 Å². The van der Waals surface area contributed by atoms with Crippen LogP contribution in [0.4, 0.5) is 5.69 Å². The average Bonchev–Trinajstić information content (AvgIpc) is 3.15. The van der Waals surface area contributed by atoms with Gasteiger partial charge in [-0.2, -0.15) is 9.61 Å². The van der Waals surface area contributed by atoms with Gasteiger partial charge in [0.05, 0.1) is 12.4 Å². The molecule has 0 fully saturated rings. The lowest BCUT2D eigenvalue weighted by Gasteiger charge is -2.07. The van der Waals surface area contributed by atoms with Gasteiger partial charge in [-0.05, 0) is 43.3 Å². The number of hydrogen-bond donors (Lipinski definition) is 2. The lowest BCUT2D eigenvalue weighted by Crippen LogP contribution is -2.16. The molecule has 0 bridgehead atoms. The maximum absolute atomic E-state index is 12.4. The second kappa shape index (κ2) is 9.19. The molecule has 2 N–H and O–H groups in total. The van der Waals surface area contributed by atoms with E-state index in [2.05, 4.69) is 25.6 Å². The topological polar surface area (TPSA) is 114 Å². The summed E-state index contributed by atoms with van der Waals surface area (Å²) in [6.07, 6.45) is 0. The van der Waals surface area contributed by atoms with Gasteiger partial charge in [-0.25, -0.2) is 0 Å². The fraction of sp³-hybridized carbons (Fsp3) is 0.150. The molecular formula is C20H17ClN6O3S. The Bertz CT molecular complexity index is 1270. The van der Waals surface area contributed by atoms with Gasteiger partial charge in [0.25, 0.3) is 11.3 Å². The molecular weight excluding hydrogens is 440 g/mol. The van der Waals surface area contributed by atoms with E-state index in [9.17, 15) is 9.59 Å². The second-order valence-corrected chi connectivity index (χ2v) is 7.70. The number of aromatic amines is 1. The quantitative estimate of drug-likeness (QED) is 0.410. The Kier molecular flexibility index (Phi) is 6.19. The number of benzene rings is 2. The summed E-state index contributed by atoms with van der Waals surface area (Å²) < 4.78 is 6.79. The van der Waals surface area contributed by atoms with Crippen molar-refractivity contribution in [2.24, 2.45) is 0 Å². The Morgan fingerprint density at radius 2 is 1.90 bits per heavy atom. The number of nitrogens with zero attached hydrogens (tertiary/aromatic N) is 4. The highest BCUT2D eigenvalue weighted by molar-refractivity contribution is 7.99. The Morgan fingerprint density at radius 3 is 2.61 bits per heavy atom. The van der Waals surface area contributed by atoms with Crippen LogP contribution in [0, 0.1) is 0 Å². The van der Waals surface area contributed by atoms with Crippen molar-refractivity contribution < 1.29 is 9.53 Å². The Labute approximate surface area is 185 Å². The Morgan fingerprint density at radius 1 is 1.16 bits per heavy atom. The van der Waals surface area contributed by atoms with E-state index in [1.54, 1.807) is 48.5 Å². The third kappa shape index (κ3) is 4.86. The van der Waals surface area contributed by atoms with E-state index in [0.29, 0.717) is 28.0 Å². The molecule has 0 radical (unpaired) electrons. The van der Waals surface area contributed by atoms with Crippen molar-refractivity contribution in [1.82, 2.24) is 24.8 Å². The van der Waals surface area contributed by atoms with Gasteiger partial charge in [-0.3, -0.25) is 14.6 Å². The predicted molar refractivity (Wildman–Crippen MR) is 119 cm³/mol. The van der Waals surface area contributed by atoms with Gasteiger partial charge in [0.2, 0.25) is 11.1 Å². The molecule has 4 aromatic rings. The lowest BCUT2D eigenvalue weighted by atomic mass is 10.2. The molecule has 158 valence electrons. The summed E-state index contributed by atoms with van der Waals surface area (Å²) in [5.41, 5.74) is 1.06. The predicted octanol–water partition coefficient (Wildman–Crippen LogP) is 3.26. The maximum atomic E-state index is 12.4. The van der Waals surface area contributed by atoms with Gasteiger partial charge in [-0.15, -0.1) is 10.2 Å². The van der Waals surface area contributed by atoms with Crippen LogP contribution in [0.3, 0.4) is 0 Å². The third-order valence-corrected chi connectivity index (χ3v) is 5.32. The zero-order valence-electron chi connectivity index (χ0n) is 16.3. The molecule has 2 aromatic carbocycles. The first-order valence-electron chi connectivity index (χ1n) is 9.30. The number of thioether (sulfide) groups is 1. The first-order chi connectivity index (χ1) is 15.0. The SMILES string of the molecule is CCOc1ccc(NC(=O)CSc2nnc3[nH]c(=O)c(-c4ccc(Cl)cc4)nn23)cc1. The van der Waals surface area contributed by atoms with E-state index in [0.717, 1.165) is 17.5 Å². The minimum atomic E-state index is -0.396. The number of anilines is 1. The Hall–Kier alpha value is -3.37. The molecule has 2 heterocycles. The fourth-order valence-electron chi connectivity index (χ4n) is 2.75. The monoisotopic (exact) mass is 456 g/mol. The van der Waals surface area contributed by atoms with Crippen LogP contribution in [0.25, 0.3) is 17.0 Å². The molecule has 0 saturated heterocycles. The van der Waals surface area contributed by atoms with E-state index in [4.69, 9.17) is 16.3 Å². The third-order valence-electron chi connectivity index (χ3n) is 4.15. The first-order valence-corrected chi connectivity index (χ1v) is 10.7. The molecule has 31 heavy (non-hydrogen) atoms. The van der Waals surface area contributed by atoms with Crippen molar-refractivity contribution in [3.8, 4) is 17.0 Å². The number of aromatic nitrogens is 5.